The third-order valence-corrected chi connectivity index (χ3v) is 4.01. The van der Waals surface area contributed by atoms with Crippen LogP contribution >= 0.6 is 11.8 Å². The zero-order valence-corrected chi connectivity index (χ0v) is 11.9. The maximum atomic E-state index is 11.7. The summed E-state index contributed by atoms with van der Waals surface area (Å²) in [6.07, 6.45) is 1.69. The second-order valence-electron chi connectivity index (χ2n) is 4.47. The first-order valence-corrected chi connectivity index (χ1v) is 7.15. The number of aromatic amines is 1. The molecule has 0 aliphatic carbocycles. The van der Waals surface area contributed by atoms with Crippen molar-refractivity contribution in [3.8, 4) is 0 Å². The first-order chi connectivity index (χ1) is 9.13. The number of fused-ring (bicyclic) bond motifs is 1. The van der Waals surface area contributed by atoms with E-state index in [1.165, 1.54) is 17.3 Å². The van der Waals surface area contributed by atoms with E-state index in [0.29, 0.717) is 0 Å². The molecule has 6 heteroatoms. The van der Waals surface area contributed by atoms with Crippen molar-refractivity contribution in [2.24, 2.45) is 5.84 Å². The Morgan fingerprint density at radius 2 is 2.37 bits per heavy atom. The van der Waals surface area contributed by atoms with E-state index < -0.39 is 0 Å². The molecule has 19 heavy (non-hydrogen) atoms. The second-order valence-corrected chi connectivity index (χ2v) is 5.66. The SMILES string of the molecule is CCCC(Sc1nc2ccc(C)cc2[nH]1)C(=O)NN. The van der Waals surface area contributed by atoms with Crippen LogP contribution in [0, 0.1) is 6.92 Å². The number of nitrogens with one attached hydrogen (secondary N) is 2. The van der Waals surface area contributed by atoms with Gasteiger partial charge in [0.1, 0.15) is 0 Å². The van der Waals surface area contributed by atoms with E-state index in [0.717, 1.165) is 29.0 Å². The number of imidazole rings is 1. The van der Waals surface area contributed by atoms with Gasteiger partial charge in [-0.1, -0.05) is 31.2 Å². The van der Waals surface area contributed by atoms with Gasteiger partial charge in [-0.3, -0.25) is 10.2 Å². The average molecular weight is 278 g/mol. The molecule has 1 unspecified atom stereocenters. The van der Waals surface area contributed by atoms with Crippen LogP contribution in [0.1, 0.15) is 25.3 Å². The number of hydrogen-bond acceptors (Lipinski definition) is 4. The van der Waals surface area contributed by atoms with Crippen molar-refractivity contribution in [3.05, 3.63) is 23.8 Å². The monoisotopic (exact) mass is 278 g/mol. The smallest absolute Gasteiger partial charge is 0.247 e. The molecule has 1 aromatic carbocycles. The number of nitrogens with two attached hydrogens (primary N) is 1. The fraction of sp³-hybridized carbons (Fsp3) is 0.385. The van der Waals surface area contributed by atoms with Crippen LogP contribution in [0.25, 0.3) is 11.0 Å². The minimum atomic E-state index is -0.211. The largest absolute Gasteiger partial charge is 0.333 e. The number of carbonyl (C=O) groups excluding carboxylic acids is 1. The van der Waals surface area contributed by atoms with E-state index in [4.69, 9.17) is 5.84 Å². The summed E-state index contributed by atoms with van der Waals surface area (Å²) in [5, 5.41) is 0.541. The number of thioether (sulfide) groups is 1. The van der Waals surface area contributed by atoms with Crippen molar-refractivity contribution in [1.82, 2.24) is 15.4 Å². The Morgan fingerprint density at radius 1 is 1.58 bits per heavy atom. The zero-order chi connectivity index (χ0) is 13.8. The first kappa shape index (κ1) is 13.9. The van der Waals surface area contributed by atoms with Crippen LogP contribution in [0.3, 0.4) is 0 Å². The molecule has 1 aromatic heterocycles. The molecule has 1 atom stereocenters. The van der Waals surface area contributed by atoms with E-state index in [-0.39, 0.29) is 11.2 Å². The Morgan fingerprint density at radius 3 is 3.05 bits per heavy atom. The molecule has 4 N–H and O–H groups in total. The lowest BCUT2D eigenvalue weighted by atomic mass is 10.2. The number of amides is 1. The van der Waals surface area contributed by atoms with Crippen LogP contribution in [0.2, 0.25) is 0 Å². The lowest BCUT2D eigenvalue weighted by Gasteiger charge is -2.11. The molecule has 0 radical (unpaired) electrons. The molecule has 0 aliphatic heterocycles. The van der Waals surface area contributed by atoms with Gasteiger partial charge < -0.3 is 4.98 Å². The predicted octanol–water partition coefficient (Wildman–Crippen LogP) is 2.12. The second kappa shape index (κ2) is 6.08. The summed E-state index contributed by atoms with van der Waals surface area (Å²) in [7, 11) is 0. The fourth-order valence-electron chi connectivity index (χ4n) is 1.89. The Balaban J connectivity index is 2.21. The minimum absolute atomic E-state index is 0.163. The number of benzene rings is 1. The molecule has 2 aromatic rings. The molecule has 0 fully saturated rings. The van der Waals surface area contributed by atoms with Crippen molar-refractivity contribution in [3.63, 3.8) is 0 Å². The van der Waals surface area contributed by atoms with Gasteiger partial charge >= 0.3 is 0 Å². The van der Waals surface area contributed by atoms with Crippen molar-refractivity contribution in [2.75, 3.05) is 0 Å². The van der Waals surface area contributed by atoms with Crippen LogP contribution in [-0.2, 0) is 4.79 Å². The Kier molecular flexibility index (Phi) is 4.44. The molecule has 1 amide bonds. The highest BCUT2D eigenvalue weighted by Crippen LogP contribution is 2.26. The lowest BCUT2D eigenvalue weighted by Crippen LogP contribution is -2.37. The number of nitrogens with zero attached hydrogens (tertiary/aromatic N) is 1. The van der Waals surface area contributed by atoms with Gasteiger partial charge in [0.15, 0.2) is 5.16 Å². The van der Waals surface area contributed by atoms with E-state index in [9.17, 15) is 4.79 Å². The van der Waals surface area contributed by atoms with Crippen LogP contribution in [0.4, 0.5) is 0 Å². The molecule has 0 bridgehead atoms. The molecule has 102 valence electrons. The summed E-state index contributed by atoms with van der Waals surface area (Å²) >= 11 is 1.42. The summed E-state index contributed by atoms with van der Waals surface area (Å²) in [4.78, 5) is 19.4. The third-order valence-electron chi connectivity index (χ3n) is 2.86. The Labute approximate surface area is 116 Å². The highest BCUT2D eigenvalue weighted by Gasteiger charge is 2.19. The number of aryl methyl sites for hydroxylation is 1. The predicted molar refractivity (Wildman–Crippen MR) is 77.7 cm³/mol. The van der Waals surface area contributed by atoms with E-state index in [1.54, 1.807) is 0 Å². The van der Waals surface area contributed by atoms with Crippen LogP contribution in [0.15, 0.2) is 23.4 Å². The molecule has 5 nitrogen and oxygen atoms in total. The van der Waals surface area contributed by atoms with Gasteiger partial charge in [0.05, 0.1) is 16.3 Å². The number of aromatic nitrogens is 2. The van der Waals surface area contributed by atoms with Gasteiger partial charge in [-0.05, 0) is 31.0 Å². The van der Waals surface area contributed by atoms with Gasteiger partial charge in [0.2, 0.25) is 5.91 Å². The van der Waals surface area contributed by atoms with Gasteiger partial charge in [-0.2, -0.15) is 0 Å². The quantitative estimate of drug-likeness (QED) is 0.338. The number of carbonyl (C=O) groups is 1. The van der Waals surface area contributed by atoms with E-state index in [2.05, 4.69) is 15.4 Å². The number of H-pyrrole nitrogens is 1. The molecule has 0 saturated carbocycles. The van der Waals surface area contributed by atoms with Crippen LogP contribution in [-0.4, -0.2) is 21.1 Å². The fourth-order valence-corrected chi connectivity index (χ4v) is 3.01. The third kappa shape index (κ3) is 3.27. The van der Waals surface area contributed by atoms with Crippen molar-refractivity contribution >= 4 is 28.7 Å². The summed E-state index contributed by atoms with van der Waals surface area (Å²) in [6, 6.07) is 6.04. The molecule has 2 rings (SSSR count). The molecule has 0 aliphatic rings. The summed E-state index contributed by atoms with van der Waals surface area (Å²) < 4.78 is 0. The van der Waals surface area contributed by atoms with Crippen molar-refractivity contribution < 1.29 is 4.79 Å². The van der Waals surface area contributed by atoms with Gasteiger partial charge in [-0.15, -0.1) is 0 Å². The number of hydrazine groups is 1. The minimum Gasteiger partial charge on any atom is -0.333 e. The summed E-state index contributed by atoms with van der Waals surface area (Å²) in [6.45, 7) is 4.08. The highest BCUT2D eigenvalue weighted by atomic mass is 32.2. The normalized spacial score (nSPS) is 12.6. The van der Waals surface area contributed by atoms with Gasteiger partial charge in [0.25, 0.3) is 0 Å². The molecular formula is C13H18N4OS. The standard InChI is InChI=1S/C13H18N4OS/c1-3-4-11(12(18)17-14)19-13-15-9-6-5-8(2)7-10(9)16-13/h5-7,11H,3-4,14H2,1-2H3,(H,15,16)(H,17,18). The molecule has 0 spiro atoms. The molecular weight excluding hydrogens is 260 g/mol. The Bertz CT molecular complexity index is 581. The molecule has 1 heterocycles. The first-order valence-electron chi connectivity index (χ1n) is 6.27. The zero-order valence-electron chi connectivity index (χ0n) is 11.1. The van der Waals surface area contributed by atoms with Gasteiger partial charge in [0, 0.05) is 0 Å². The van der Waals surface area contributed by atoms with Crippen LogP contribution in [0.5, 0.6) is 0 Å². The number of rotatable bonds is 5. The van der Waals surface area contributed by atoms with Crippen molar-refractivity contribution in [2.45, 2.75) is 37.1 Å². The van der Waals surface area contributed by atoms with Crippen LogP contribution < -0.4 is 11.3 Å². The molecule has 0 saturated heterocycles. The topological polar surface area (TPSA) is 83.8 Å². The summed E-state index contributed by atoms with van der Waals surface area (Å²) in [5.41, 5.74) is 5.29. The number of hydrogen-bond donors (Lipinski definition) is 3. The summed E-state index contributed by atoms with van der Waals surface area (Å²) in [5.74, 6) is 5.04. The Hall–Kier alpha value is -1.53. The maximum absolute atomic E-state index is 11.7. The maximum Gasteiger partial charge on any atom is 0.247 e. The lowest BCUT2D eigenvalue weighted by molar-refractivity contribution is -0.120. The highest BCUT2D eigenvalue weighted by molar-refractivity contribution is 8.00. The van der Waals surface area contributed by atoms with Crippen molar-refractivity contribution in [1.29, 1.82) is 0 Å². The van der Waals surface area contributed by atoms with Gasteiger partial charge in [-0.25, -0.2) is 10.8 Å². The van der Waals surface area contributed by atoms with E-state index >= 15 is 0 Å². The van der Waals surface area contributed by atoms with E-state index in [1.807, 2.05) is 32.0 Å². The average Bonchev–Trinajstić information content (AvgIpc) is 2.78.